The Labute approximate surface area is 110 Å². The van der Waals surface area contributed by atoms with Gasteiger partial charge in [-0.2, -0.15) is 18.9 Å². The number of rotatable bonds is 4. The van der Waals surface area contributed by atoms with Gasteiger partial charge in [-0.15, -0.1) is 11.3 Å². The minimum Gasteiger partial charge on any atom is -0.297 e. The number of Topliss-reactive ketones (excluding diaryl/α,β-unsaturated/α-hetero) is 1. The van der Waals surface area contributed by atoms with Gasteiger partial charge in [0.15, 0.2) is 0 Å². The molecule has 0 spiro atoms. The molecule has 0 aliphatic heterocycles. The standard InChI is InChI=1S/C12H12BN3OS/c1-15-5-6-16(2)12(15)13-7-10(17)11-4-3-9(8-14)18-11/h3-6H,7H2,1-2H3. The molecule has 0 bridgehead atoms. The number of ketones is 1. The minimum atomic E-state index is 0.0442. The average molecular weight is 257 g/mol. The number of hydrogen-bond acceptors (Lipinski definition) is 3. The maximum atomic E-state index is 11.9. The second-order valence-electron chi connectivity index (χ2n) is 3.99. The molecule has 0 aromatic carbocycles. The largest absolute Gasteiger partial charge is 0.297 e. The number of nitrogens with zero attached hydrogens (tertiary/aromatic N) is 3. The van der Waals surface area contributed by atoms with Crippen molar-refractivity contribution in [1.29, 1.82) is 5.26 Å². The Kier molecular flexibility index (Phi) is 3.63. The highest BCUT2D eigenvalue weighted by Crippen LogP contribution is 2.16. The number of carbonyl (C=O) groups excluding carboxylic acids is 1. The van der Waals surface area contributed by atoms with E-state index in [1.165, 1.54) is 11.3 Å². The molecule has 0 N–H and O–H groups in total. The Balaban J connectivity index is 2.03. The molecule has 2 heterocycles. The molecule has 90 valence electrons. The fraction of sp³-hybridized carbons (Fsp3) is 0.250. The molecule has 2 aromatic rings. The van der Waals surface area contributed by atoms with E-state index in [0.29, 0.717) is 16.1 Å². The summed E-state index contributed by atoms with van der Waals surface area (Å²) in [6.07, 6.45) is 4.22. The van der Waals surface area contributed by atoms with Crippen LogP contribution in [0.5, 0.6) is 0 Å². The second kappa shape index (κ2) is 5.19. The fourth-order valence-corrected chi connectivity index (χ4v) is 2.47. The van der Waals surface area contributed by atoms with Crippen molar-refractivity contribution in [3.63, 3.8) is 0 Å². The molecule has 2 rings (SSSR count). The Hall–Kier alpha value is -1.87. The van der Waals surface area contributed by atoms with Crippen LogP contribution >= 0.6 is 11.3 Å². The number of imidazole rings is 1. The summed E-state index contributed by atoms with van der Waals surface area (Å²) in [5, 5.41) is 8.72. The number of hydrogen-bond donors (Lipinski definition) is 0. The van der Waals surface area contributed by atoms with Crippen LogP contribution < -0.4 is 10.3 Å². The van der Waals surface area contributed by atoms with Crippen molar-refractivity contribution in [3.8, 4) is 6.07 Å². The van der Waals surface area contributed by atoms with Crippen molar-refractivity contribution in [2.45, 2.75) is 6.32 Å². The Morgan fingerprint density at radius 2 is 2.39 bits per heavy atom. The van der Waals surface area contributed by atoms with E-state index in [4.69, 9.17) is 5.26 Å². The lowest BCUT2D eigenvalue weighted by Gasteiger charge is -2.10. The van der Waals surface area contributed by atoms with Gasteiger partial charge in [-0.1, -0.05) is 0 Å². The molecule has 18 heavy (non-hydrogen) atoms. The molecule has 2 radical (unpaired) electrons. The van der Waals surface area contributed by atoms with Crippen molar-refractivity contribution in [1.82, 2.24) is 4.57 Å². The lowest BCUT2D eigenvalue weighted by atomic mass is 9.71. The maximum Gasteiger partial charge on any atom is 0.133 e. The van der Waals surface area contributed by atoms with E-state index in [1.807, 2.05) is 49.0 Å². The molecule has 0 unspecified atom stereocenters. The summed E-state index contributed by atoms with van der Waals surface area (Å²) in [7, 11) is 5.78. The summed E-state index contributed by atoms with van der Waals surface area (Å²) in [4.78, 5) is 13.2. The summed E-state index contributed by atoms with van der Waals surface area (Å²) in [6, 6.07) is 5.43. The lowest BCUT2D eigenvalue weighted by molar-refractivity contribution is -0.653. The quantitative estimate of drug-likeness (QED) is 0.452. The van der Waals surface area contributed by atoms with Crippen LogP contribution in [0.4, 0.5) is 0 Å². The normalized spacial score (nSPS) is 10.3. The van der Waals surface area contributed by atoms with Crippen LogP contribution in [0.15, 0.2) is 24.5 Å². The van der Waals surface area contributed by atoms with Crippen molar-refractivity contribution in [2.24, 2.45) is 14.1 Å². The summed E-state index contributed by atoms with van der Waals surface area (Å²) < 4.78 is 3.92. The predicted octanol–water partition coefficient (Wildman–Crippen LogP) is 0.413. The molecule has 0 aliphatic carbocycles. The fourth-order valence-electron chi connectivity index (χ4n) is 1.72. The third-order valence-corrected chi connectivity index (χ3v) is 3.73. The zero-order chi connectivity index (χ0) is 13.1. The van der Waals surface area contributed by atoms with Crippen molar-refractivity contribution < 1.29 is 9.36 Å². The summed E-state index contributed by atoms with van der Waals surface area (Å²) in [5.74, 6) is 0.0442. The molecule has 4 nitrogen and oxygen atoms in total. The first kappa shape index (κ1) is 12.6. The Morgan fingerprint density at radius 1 is 1.61 bits per heavy atom. The molecule has 2 aromatic heterocycles. The van der Waals surface area contributed by atoms with Gasteiger partial charge >= 0.3 is 0 Å². The van der Waals surface area contributed by atoms with Gasteiger partial charge in [-0.3, -0.25) is 13.9 Å². The zero-order valence-corrected chi connectivity index (χ0v) is 11.1. The van der Waals surface area contributed by atoms with Gasteiger partial charge in [0.1, 0.15) is 29.1 Å². The van der Waals surface area contributed by atoms with E-state index in [0.717, 1.165) is 5.72 Å². The van der Waals surface area contributed by atoms with E-state index in [1.54, 1.807) is 12.1 Å². The number of carbonyl (C=O) groups is 1. The highest BCUT2D eigenvalue weighted by atomic mass is 32.1. The molecule has 0 saturated heterocycles. The molecule has 0 fully saturated rings. The van der Waals surface area contributed by atoms with Gasteiger partial charge in [0.2, 0.25) is 0 Å². The van der Waals surface area contributed by atoms with E-state index in [-0.39, 0.29) is 5.78 Å². The molecular weight excluding hydrogens is 245 g/mol. The summed E-state index contributed by atoms with van der Waals surface area (Å²) in [5.41, 5.74) is 0.986. The smallest absolute Gasteiger partial charge is 0.133 e. The van der Waals surface area contributed by atoms with E-state index in [2.05, 4.69) is 0 Å². The number of nitriles is 1. The number of aromatic nitrogens is 2. The van der Waals surface area contributed by atoms with Crippen LogP contribution in [0.2, 0.25) is 6.32 Å². The first-order valence-electron chi connectivity index (χ1n) is 5.49. The molecule has 0 aliphatic rings. The van der Waals surface area contributed by atoms with Crippen LogP contribution in [0, 0.1) is 11.3 Å². The van der Waals surface area contributed by atoms with Gasteiger partial charge < -0.3 is 0 Å². The van der Waals surface area contributed by atoms with Gasteiger partial charge in [0.25, 0.3) is 0 Å². The first-order valence-corrected chi connectivity index (χ1v) is 6.31. The molecule has 0 amide bonds. The Morgan fingerprint density at radius 3 is 2.94 bits per heavy atom. The monoisotopic (exact) mass is 257 g/mol. The van der Waals surface area contributed by atoms with E-state index >= 15 is 0 Å². The maximum absolute atomic E-state index is 11.9. The molecule has 0 atom stereocenters. The van der Waals surface area contributed by atoms with Crippen LogP contribution in [-0.4, -0.2) is 17.6 Å². The molecule has 0 saturated carbocycles. The SMILES string of the molecule is Cn1cc[n+](C)c1[B-]CC(=O)c1ccc(C#N)s1. The number of thiophene rings is 1. The van der Waals surface area contributed by atoms with Crippen LogP contribution in [0.3, 0.4) is 0 Å². The second-order valence-corrected chi connectivity index (χ2v) is 5.07. The van der Waals surface area contributed by atoms with Gasteiger partial charge in [0.05, 0.1) is 19.0 Å². The van der Waals surface area contributed by atoms with E-state index < -0.39 is 0 Å². The number of aryl methyl sites for hydroxylation is 2. The molecular formula is C12H12BN3OS. The average Bonchev–Trinajstić information content (AvgIpc) is 2.95. The third kappa shape index (κ3) is 2.52. The van der Waals surface area contributed by atoms with Crippen LogP contribution in [-0.2, 0) is 14.1 Å². The Bertz CT molecular complexity index is 604. The van der Waals surface area contributed by atoms with Crippen LogP contribution in [0.25, 0.3) is 0 Å². The summed E-state index contributed by atoms with van der Waals surface area (Å²) >= 11 is 1.24. The van der Waals surface area contributed by atoms with Gasteiger partial charge in [-0.25, -0.2) is 0 Å². The van der Waals surface area contributed by atoms with Crippen molar-refractivity contribution >= 4 is 30.1 Å². The van der Waals surface area contributed by atoms with Gasteiger partial charge in [-0.05, 0) is 12.1 Å². The van der Waals surface area contributed by atoms with Crippen LogP contribution in [0.1, 0.15) is 14.5 Å². The zero-order valence-electron chi connectivity index (χ0n) is 10.3. The predicted molar refractivity (Wildman–Crippen MR) is 70.1 cm³/mol. The first-order chi connectivity index (χ1) is 8.61. The topological polar surface area (TPSA) is 49.7 Å². The minimum absolute atomic E-state index is 0.0442. The van der Waals surface area contributed by atoms with Crippen molar-refractivity contribution in [3.05, 3.63) is 34.3 Å². The lowest BCUT2D eigenvalue weighted by Crippen LogP contribution is -2.49. The third-order valence-electron chi connectivity index (χ3n) is 2.70. The molecule has 6 heteroatoms. The summed E-state index contributed by atoms with van der Waals surface area (Å²) in [6.45, 7) is 0. The highest BCUT2D eigenvalue weighted by molar-refractivity contribution is 7.14. The highest BCUT2D eigenvalue weighted by Gasteiger charge is 2.07. The van der Waals surface area contributed by atoms with Gasteiger partial charge in [0, 0.05) is 5.72 Å². The van der Waals surface area contributed by atoms with Crippen molar-refractivity contribution in [2.75, 3.05) is 0 Å². The van der Waals surface area contributed by atoms with E-state index in [9.17, 15) is 4.79 Å².